The second-order valence-electron chi connectivity index (χ2n) is 11.2. The fourth-order valence-corrected chi connectivity index (χ4v) is 7.67. The normalized spacial score (nSPS) is 28.1. The van der Waals surface area contributed by atoms with Gasteiger partial charge in [0.15, 0.2) is 22.4 Å². The van der Waals surface area contributed by atoms with E-state index in [2.05, 4.69) is 43.1 Å². The van der Waals surface area contributed by atoms with Crippen LogP contribution in [-0.2, 0) is 0 Å². The number of hydrogen-bond donors (Lipinski definition) is 3. The molecule has 6 rings (SSSR count). The summed E-state index contributed by atoms with van der Waals surface area (Å²) in [7, 11) is 3.33. The lowest BCUT2D eigenvalue weighted by Crippen LogP contribution is -2.70. The zero-order valence-corrected chi connectivity index (χ0v) is 24.4. The Kier molecular flexibility index (Phi) is 7.28. The van der Waals surface area contributed by atoms with Gasteiger partial charge in [-0.1, -0.05) is 55.1 Å². The lowest BCUT2D eigenvalue weighted by molar-refractivity contribution is -0.127. The van der Waals surface area contributed by atoms with E-state index in [-0.39, 0.29) is 35.3 Å². The molecule has 3 aliphatic rings. The number of rotatable bonds is 6. The maximum atomic E-state index is 11.2. The fraction of sp³-hybridized carbons (Fsp3) is 0.364. The number of nitrogens with one attached hydrogen (secondary N) is 1. The van der Waals surface area contributed by atoms with Crippen molar-refractivity contribution < 1.29 is 24.4 Å². The van der Waals surface area contributed by atoms with Gasteiger partial charge in [0.2, 0.25) is 5.75 Å². The van der Waals surface area contributed by atoms with Crippen LogP contribution in [0.4, 0.5) is 0 Å². The van der Waals surface area contributed by atoms with Gasteiger partial charge >= 0.3 is 0 Å². The van der Waals surface area contributed by atoms with Crippen molar-refractivity contribution in [3.8, 4) is 28.7 Å². The maximum Gasteiger partial charge on any atom is 0.200 e. The largest absolute Gasteiger partial charge is 0.504 e. The van der Waals surface area contributed by atoms with Crippen LogP contribution in [0.25, 0.3) is 0 Å². The summed E-state index contributed by atoms with van der Waals surface area (Å²) in [6, 6.07) is 19.5. The highest BCUT2D eigenvalue weighted by Gasteiger charge is 2.62. The molecule has 1 aliphatic carbocycles. The number of aliphatic imine (C=N–C) groups is 1. The Hall–Kier alpha value is -3.78. The first kappa shape index (κ1) is 27.4. The summed E-state index contributed by atoms with van der Waals surface area (Å²) in [6.45, 7) is 6.21. The van der Waals surface area contributed by atoms with Crippen molar-refractivity contribution >= 4 is 16.9 Å². The Labute approximate surface area is 245 Å². The summed E-state index contributed by atoms with van der Waals surface area (Å²) in [5.41, 5.74) is 2.16. The predicted molar refractivity (Wildman–Crippen MR) is 162 cm³/mol. The molecule has 0 unspecified atom stereocenters. The minimum Gasteiger partial charge on any atom is -0.504 e. The number of nitrogens with zero attached hydrogens (tertiary/aromatic N) is 1. The van der Waals surface area contributed by atoms with E-state index in [1.54, 1.807) is 32.0 Å². The molecule has 0 saturated heterocycles. The van der Waals surface area contributed by atoms with Crippen LogP contribution >= 0.6 is 11.8 Å². The molecule has 8 heteroatoms. The molecule has 0 bridgehead atoms. The van der Waals surface area contributed by atoms with Gasteiger partial charge in [-0.05, 0) is 60.2 Å². The molecular weight excluding hydrogens is 536 g/mol. The number of benzene rings is 3. The van der Waals surface area contributed by atoms with E-state index in [1.165, 1.54) is 0 Å². The first-order valence-electron chi connectivity index (χ1n) is 14.0. The molecule has 7 nitrogen and oxygen atoms in total. The lowest BCUT2D eigenvalue weighted by Gasteiger charge is -2.59. The van der Waals surface area contributed by atoms with Crippen molar-refractivity contribution in [2.45, 2.75) is 37.5 Å². The predicted octanol–water partition coefficient (Wildman–Crippen LogP) is 6.62. The van der Waals surface area contributed by atoms with Crippen LogP contribution in [0.5, 0.6) is 28.7 Å². The van der Waals surface area contributed by atoms with E-state index in [9.17, 15) is 10.2 Å². The third-order valence-electron chi connectivity index (χ3n) is 8.77. The lowest BCUT2D eigenvalue weighted by atomic mass is 9.58. The number of methoxy groups -OCH3 is 2. The van der Waals surface area contributed by atoms with Crippen LogP contribution in [0, 0.1) is 17.8 Å². The van der Waals surface area contributed by atoms with E-state index in [0.29, 0.717) is 17.4 Å². The summed E-state index contributed by atoms with van der Waals surface area (Å²) in [5, 5.41) is 26.3. The Morgan fingerprint density at radius 1 is 0.976 bits per heavy atom. The van der Waals surface area contributed by atoms with Gasteiger partial charge in [0.1, 0.15) is 11.5 Å². The van der Waals surface area contributed by atoms with Crippen LogP contribution in [0.15, 0.2) is 78.3 Å². The Balaban J connectivity index is 1.56. The molecule has 0 amide bonds. The van der Waals surface area contributed by atoms with E-state index < -0.39 is 5.72 Å². The SMILES string of the molecule is C=CCSC1=N[C@H](c2ccc(OC)cc2)[C@@H]2C[C@H](C)C[C@@H]3[C@@H](c4ccc(OC)cc4)c4ccc(O)c(O)c4O[C@@]32N1. The summed E-state index contributed by atoms with van der Waals surface area (Å²) >= 11 is 1.59. The van der Waals surface area contributed by atoms with Crippen molar-refractivity contribution in [2.75, 3.05) is 20.0 Å². The third-order valence-corrected chi connectivity index (χ3v) is 9.66. The number of hydrogen-bond acceptors (Lipinski definition) is 8. The first-order valence-corrected chi connectivity index (χ1v) is 15.0. The van der Waals surface area contributed by atoms with Gasteiger partial charge in [-0.15, -0.1) is 6.58 Å². The van der Waals surface area contributed by atoms with E-state index >= 15 is 0 Å². The number of thioether (sulfide) groups is 1. The Morgan fingerprint density at radius 2 is 1.61 bits per heavy atom. The molecule has 41 heavy (non-hydrogen) atoms. The van der Waals surface area contributed by atoms with Gasteiger partial charge in [0, 0.05) is 29.1 Å². The highest BCUT2D eigenvalue weighted by molar-refractivity contribution is 8.13. The van der Waals surface area contributed by atoms with Crippen LogP contribution < -0.4 is 19.5 Å². The third kappa shape index (κ3) is 4.68. The highest BCUT2D eigenvalue weighted by Crippen LogP contribution is 2.61. The molecule has 1 saturated carbocycles. The zero-order chi connectivity index (χ0) is 28.7. The molecular formula is C33H36N2O5S. The number of ether oxygens (including phenoxy) is 3. The van der Waals surface area contributed by atoms with E-state index in [4.69, 9.17) is 19.2 Å². The van der Waals surface area contributed by atoms with E-state index in [0.717, 1.165) is 46.2 Å². The summed E-state index contributed by atoms with van der Waals surface area (Å²) in [5.74, 6) is 2.41. The second-order valence-corrected chi connectivity index (χ2v) is 12.2. The molecule has 6 atom stereocenters. The summed E-state index contributed by atoms with van der Waals surface area (Å²) in [4.78, 5) is 5.24. The molecule has 214 valence electrons. The minimum absolute atomic E-state index is 0.0108. The number of amidine groups is 1. The highest BCUT2D eigenvalue weighted by atomic mass is 32.2. The van der Waals surface area contributed by atoms with Gasteiger partial charge in [0.05, 0.1) is 20.3 Å². The van der Waals surface area contributed by atoms with Crippen LogP contribution in [0.3, 0.4) is 0 Å². The number of phenolic OH excluding ortho intramolecular Hbond substituents is 2. The van der Waals surface area contributed by atoms with Crippen LogP contribution in [0.1, 0.15) is 48.4 Å². The van der Waals surface area contributed by atoms with Gasteiger partial charge in [0.25, 0.3) is 0 Å². The van der Waals surface area contributed by atoms with Gasteiger partial charge in [-0.2, -0.15) is 0 Å². The smallest absolute Gasteiger partial charge is 0.200 e. The standard InChI is InChI=1S/C33H36N2O5S/c1-5-16-41-32-34-29(21-8-12-23(39-4)13-9-21)26-18-19(2)17-25-28(20-6-10-22(38-3)11-7-20)24-14-15-27(36)30(37)31(24)40-33(25,26)35-32/h5-15,19,25-26,28-29,36-37H,1,16-18H2,2-4H3,(H,34,35)/t19-,25-,26+,28+,29-,33+/m1/s1. The average molecular weight is 573 g/mol. The molecule has 0 radical (unpaired) electrons. The summed E-state index contributed by atoms with van der Waals surface area (Å²) < 4.78 is 17.9. The molecule has 2 heterocycles. The molecule has 1 spiro atoms. The molecule has 2 aliphatic heterocycles. The molecule has 1 fully saturated rings. The number of fused-ring (bicyclic) bond motifs is 1. The summed E-state index contributed by atoms with van der Waals surface area (Å²) in [6.07, 6.45) is 3.66. The molecule has 3 N–H and O–H groups in total. The average Bonchev–Trinajstić information content (AvgIpc) is 3.00. The van der Waals surface area contributed by atoms with Gasteiger partial charge < -0.3 is 29.7 Å². The fourth-order valence-electron chi connectivity index (χ4n) is 6.97. The quantitative estimate of drug-likeness (QED) is 0.226. The second kappa shape index (κ2) is 10.9. The monoisotopic (exact) mass is 572 g/mol. The first-order chi connectivity index (χ1) is 19.9. The van der Waals surface area contributed by atoms with Gasteiger partial charge in [-0.3, -0.25) is 4.99 Å². The van der Waals surface area contributed by atoms with Gasteiger partial charge in [-0.25, -0.2) is 0 Å². The molecule has 0 aromatic heterocycles. The van der Waals surface area contributed by atoms with Crippen LogP contribution in [-0.4, -0.2) is 41.1 Å². The number of aromatic hydroxyl groups is 2. The van der Waals surface area contributed by atoms with E-state index in [1.807, 2.05) is 36.4 Å². The van der Waals surface area contributed by atoms with Crippen molar-refractivity contribution in [2.24, 2.45) is 22.7 Å². The Bertz CT molecular complexity index is 1460. The van der Waals surface area contributed by atoms with Crippen molar-refractivity contribution in [1.82, 2.24) is 5.32 Å². The van der Waals surface area contributed by atoms with Crippen LogP contribution in [0.2, 0.25) is 0 Å². The van der Waals surface area contributed by atoms with Crippen molar-refractivity contribution in [3.05, 3.63) is 90.0 Å². The maximum absolute atomic E-state index is 11.2. The topological polar surface area (TPSA) is 92.5 Å². The molecule has 3 aromatic rings. The van der Waals surface area contributed by atoms with Crippen molar-refractivity contribution in [3.63, 3.8) is 0 Å². The number of phenols is 2. The molecule has 3 aromatic carbocycles. The van der Waals surface area contributed by atoms with Crippen molar-refractivity contribution in [1.29, 1.82) is 0 Å². The minimum atomic E-state index is -0.884. The zero-order valence-electron chi connectivity index (χ0n) is 23.5. The Morgan fingerprint density at radius 3 is 2.24 bits per heavy atom.